The summed E-state index contributed by atoms with van der Waals surface area (Å²) in [5.41, 5.74) is 1.49. The lowest BCUT2D eigenvalue weighted by Gasteiger charge is -2.15. The second kappa shape index (κ2) is 9.77. The van der Waals surface area contributed by atoms with E-state index in [1.807, 2.05) is 42.5 Å². The Hall–Kier alpha value is -2.15. The number of aromatic nitrogens is 4. The van der Waals surface area contributed by atoms with E-state index in [0.29, 0.717) is 21.8 Å². The number of nitrogens with zero attached hydrogens (tertiary/aromatic N) is 4. The molecule has 0 radical (unpaired) electrons. The van der Waals surface area contributed by atoms with Gasteiger partial charge in [-0.15, -0.1) is 11.8 Å². The van der Waals surface area contributed by atoms with E-state index < -0.39 is 39.0 Å². The first-order valence-electron chi connectivity index (χ1n) is 9.58. The normalized spacial score (nSPS) is 24.0. The number of phosphoric ester groups is 1. The monoisotopic (exact) mass is 480 g/mol. The fourth-order valence-corrected chi connectivity index (χ4v) is 4.37. The molecular formula is C19H21N4O7PS. The van der Waals surface area contributed by atoms with Gasteiger partial charge in [0.2, 0.25) is 0 Å². The Morgan fingerprint density at radius 2 is 1.97 bits per heavy atom. The van der Waals surface area contributed by atoms with Crippen molar-refractivity contribution >= 4 is 36.7 Å². The van der Waals surface area contributed by atoms with Crippen LogP contribution in [0.25, 0.3) is 17.1 Å². The molecule has 0 saturated carbocycles. The van der Waals surface area contributed by atoms with Gasteiger partial charge in [-0.2, -0.15) is 5.10 Å². The molecule has 1 fully saturated rings. The predicted octanol–water partition coefficient (Wildman–Crippen LogP) is 1.36. The Labute approximate surface area is 187 Å². The lowest BCUT2D eigenvalue weighted by atomic mass is 10.1. The molecule has 1 unspecified atom stereocenters. The Balaban J connectivity index is 1.48. The third kappa shape index (κ3) is 5.25. The van der Waals surface area contributed by atoms with Crippen molar-refractivity contribution in [2.45, 2.75) is 29.6 Å². The second-order valence-electron chi connectivity index (χ2n) is 6.96. The third-order valence-electron chi connectivity index (χ3n) is 4.77. The first kappa shape index (κ1) is 23.0. The van der Waals surface area contributed by atoms with Crippen LogP contribution in [0, 0.1) is 0 Å². The first-order valence-corrected chi connectivity index (χ1v) is 12.1. The molecule has 3 heterocycles. The van der Waals surface area contributed by atoms with Gasteiger partial charge in [0.15, 0.2) is 11.9 Å². The number of phosphoric acid groups is 1. The average molecular weight is 480 g/mol. The molecule has 4 N–H and O–H groups in total. The van der Waals surface area contributed by atoms with E-state index in [4.69, 9.17) is 14.5 Å². The summed E-state index contributed by atoms with van der Waals surface area (Å²) in [5.74, 6) is 0.662. The molecule has 4 atom stereocenters. The van der Waals surface area contributed by atoms with Crippen LogP contribution in [-0.2, 0) is 13.8 Å². The molecule has 1 aliphatic heterocycles. The van der Waals surface area contributed by atoms with E-state index in [1.165, 1.54) is 22.8 Å². The molecule has 0 aliphatic carbocycles. The minimum Gasteiger partial charge on any atom is -0.387 e. The lowest BCUT2D eigenvalue weighted by Crippen LogP contribution is -2.33. The fourth-order valence-electron chi connectivity index (χ4n) is 3.26. The van der Waals surface area contributed by atoms with E-state index >= 15 is 0 Å². The molecule has 32 heavy (non-hydrogen) atoms. The number of rotatable bonds is 8. The number of ether oxygens (including phenoxy) is 1. The van der Waals surface area contributed by atoms with Gasteiger partial charge in [0.25, 0.3) is 0 Å². The molecule has 11 nitrogen and oxygen atoms in total. The van der Waals surface area contributed by atoms with Gasteiger partial charge in [-0.3, -0.25) is 4.52 Å². The molecule has 3 aromatic rings. The summed E-state index contributed by atoms with van der Waals surface area (Å²) in [5, 5.41) is 26.2. The van der Waals surface area contributed by atoms with Gasteiger partial charge in [0, 0.05) is 5.75 Å². The Morgan fingerprint density at radius 1 is 1.19 bits per heavy atom. The molecule has 13 heteroatoms. The fraction of sp³-hybridized carbons (Fsp3) is 0.316. The van der Waals surface area contributed by atoms with E-state index in [2.05, 4.69) is 19.6 Å². The summed E-state index contributed by atoms with van der Waals surface area (Å²) < 4.78 is 22.2. The van der Waals surface area contributed by atoms with Gasteiger partial charge in [0.1, 0.15) is 29.7 Å². The summed E-state index contributed by atoms with van der Waals surface area (Å²) in [7, 11) is -4.75. The molecule has 1 aliphatic rings. The largest absolute Gasteiger partial charge is 0.469 e. The van der Waals surface area contributed by atoms with Crippen molar-refractivity contribution in [3.05, 3.63) is 54.5 Å². The van der Waals surface area contributed by atoms with E-state index in [0.717, 1.165) is 5.56 Å². The quantitative estimate of drug-likeness (QED) is 0.209. The Bertz CT molecular complexity index is 1140. The van der Waals surface area contributed by atoms with Crippen LogP contribution in [0.2, 0.25) is 0 Å². The molecule has 2 aromatic heterocycles. The molecule has 0 amide bonds. The number of aliphatic hydroxyl groups is 2. The van der Waals surface area contributed by atoms with Crippen molar-refractivity contribution in [1.82, 2.24) is 19.7 Å². The van der Waals surface area contributed by atoms with Crippen LogP contribution in [-0.4, -0.2) is 70.4 Å². The van der Waals surface area contributed by atoms with Crippen molar-refractivity contribution in [2.24, 2.45) is 0 Å². The topological polar surface area (TPSA) is 160 Å². The minimum absolute atomic E-state index is 0.391. The van der Waals surface area contributed by atoms with Crippen LogP contribution in [0.15, 0.2) is 54.0 Å². The van der Waals surface area contributed by atoms with Crippen LogP contribution in [0.1, 0.15) is 11.8 Å². The number of hydrogen-bond acceptors (Lipinski definition) is 9. The van der Waals surface area contributed by atoms with Crippen LogP contribution < -0.4 is 0 Å². The lowest BCUT2D eigenvalue weighted by molar-refractivity contribution is -0.0559. The number of hydrogen-bond donors (Lipinski definition) is 4. The number of thioether (sulfide) groups is 1. The molecule has 4 rings (SSSR count). The van der Waals surface area contributed by atoms with E-state index in [1.54, 1.807) is 6.20 Å². The summed E-state index contributed by atoms with van der Waals surface area (Å²) in [4.78, 5) is 26.2. The van der Waals surface area contributed by atoms with Crippen LogP contribution in [0.5, 0.6) is 0 Å². The SMILES string of the molecule is O=P(O)(O)OC[C@H]1OC(n2ncc3c(SC/C=C/c4ccccc4)ncnc32)[C@H](O)[C@@H]1O. The summed E-state index contributed by atoms with van der Waals surface area (Å²) in [6.45, 7) is -0.595. The van der Waals surface area contributed by atoms with Crippen LogP contribution >= 0.6 is 19.6 Å². The van der Waals surface area contributed by atoms with Gasteiger partial charge in [-0.05, 0) is 5.56 Å². The van der Waals surface area contributed by atoms with Crippen LogP contribution in [0.3, 0.4) is 0 Å². The van der Waals surface area contributed by atoms with Crippen molar-refractivity contribution < 1.29 is 33.8 Å². The zero-order chi connectivity index (χ0) is 22.7. The van der Waals surface area contributed by atoms with Gasteiger partial charge < -0.3 is 24.7 Å². The van der Waals surface area contributed by atoms with Gasteiger partial charge >= 0.3 is 7.82 Å². The minimum atomic E-state index is -4.75. The molecule has 170 valence electrons. The van der Waals surface area contributed by atoms with Crippen molar-refractivity contribution in [3.63, 3.8) is 0 Å². The molecule has 0 spiro atoms. The standard InChI is InChI=1S/C19H21N4O7PS/c24-15-14(10-29-31(26,27)28)30-19(16(15)25)23-17-13(9-22-23)18(21-11-20-17)32-8-4-7-12-5-2-1-3-6-12/h1-7,9,11,14-16,19,24-25H,8,10H2,(H2,26,27,28)/b7-4+/t14-,15-,16-,19?/m1/s1. The first-order chi connectivity index (χ1) is 15.3. The predicted molar refractivity (Wildman–Crippen MR) is 115 cm³/mol. The summed E-state index contributed by atoms with van der Waals surface area (Å²) in [6, 6.07) is 9.91. The number of aliphatic hydroxyl groups excluding tert-OH is 2. The summed E-state index contributed by atoms with van der Waals surface area (Å²) >= 11 is 1.49. The van der Waals surface area contributed by atoms with Crippen LogP contribution in [0.4, 0.5) is 0 Å². The molecule has 0 bridgehead atoms. The van der Waals surface area contributed by atoms with Crippen molar-refractivity contribution in [3.8, 4) is 0 Å². The number of benzene rings is 1. The molecular weight excluding hydrogens is 459 g/mol. The highest BCUT2D eigenvalue weighted by Crippen LogP contribution is 2.39. The van der Waals surface area contributed by atoms with E-state index in [-0.39, 0.29) is 0 Å². The van der Waals surface area contributed by atoms with Crippen molar-refractivity contribution in [1.29, 1.82) is 0 Å². The number of fused-ring (bicyclic) bond motifs is 1. The maximum absolute atomic E-state index is 10.9. The molecule has 1 aromatic carbocycles. The van der Waals surface area contributed by atoms with Gasteiger partial charge in [-0.1, -0.05) is 42.5 Å². The zero-order valence-corrected chi connectivity index (χ0v) is 18.3. The average Bonchev–Trinajstić information content (AvgIpc) is 3.32. The van der Waals surface area contributed by atoms with Gasteiger partial charge in [-0.25, -0.2) is 19.2 Å². The van der Waals surface area contributed by atoms with Gasteiger partial charge in [0.05, 0.1) is 18.2 Å². The second-order valence-corrected chi connectivity index (χ2v) is 9.21. The summed E-state index contributed by atoms with van der Waals surface area (Å²) in [6.07, 6.45) is 1.85. The maximum atomic E-state index is 10.9. The highest BCUT2D eigenvalue weighted by molar-refractivity contribution is 7.99. The Morgan fingerprint density at radius 3 is 2.72 bits per heavy atom. The van der Waals surface area contributed by atoms with E-state index in [9.17, 15) is 14.8 Å². The molecule has 1 saturated heterocycles. The zero-order valence-electron chi connectivity index (χ0n) is 16.6. The highest BCUT2D eigenvalue weighted by atomic mass is 32.2. The Kier molecular flexibility index (Phi) is 7.03. The third-order valence-corrected chi connectivity index (χ3v) is 6.21. The smallest absolute Gasteiger partial charge is 0.387 e. The highest BCUT2D eigenvalue weighted by Gasteiger charge is 2.45. The van der Waals surface area contributed by atoms with Crippen molar-refractivity contribution in [2.75, 3.05) is 12.4 Å². The maximum Gasteiger partial charge on any atom is 0.469 e.